The Kier molecular flexibility index (Phi) is 5.57. The third-order valence-electron chi connectivity index (χ3n) is 6.50. The Balaban J connectivity index is 2.14. The summed E-state index contributed by atoms with van der Waals surface area (Å²) in [6.45, 7) is 7.03. The number of rotatable bonds is 4. The molecule has 5 atom stereocenters. The van der Waals surface area contributed by atoms with Gasteiger partial charge in [-0.05, 0) is 68.2 Å². The smallest absolute Gasteiger partial charge is 0.137 e. The highest BCUT2D eigenvalue weighted by molar-refractivity contribution is 6.39. The summed E-state index contributed by atoms with van der Waals surface area (Å²) in [6, 6.07) is 7.57. The Bertz CT molecular complexity index is 868. The number of aliphatic hydroxyl groups is 1. The van der Waals surface area contributed by atoms with Crippen LogP contribution in [0, 0.1) is 34.0 Å². The highest BCUT2D eigenvalue weighted by Crippen LogP contribution is 2.58. The number of hydrogen-bond donors (Lipinski definition) is 3. The average molecular weight is 399 g/mol. The first-order valence-corrected chi connectivity index (χ1v) is 10.3. The number of nitrogens with zero attached hydrogens (tertiary/aromatic N) is 2. The normalized spacial score (nSPS) is 32.1. The van der Waals surface area contributed by atoms with Gasteiger partial charge in [0.05, 0.1) is 29.5 Å². The molecule has 5 nitrogen and oxygen atoms in total. The molecule has 1 aromatic rings. The molecule has 29 heavy (non-hydrogen) atoms. The van der Waals surface area contributed by atoms with Gasteiger partial charge in [-0.3, -0.25) is 10.4 Å². The van der Waals surface area contributed by atoms with E-state index in [1.807, 2.05) is 18.2 Å². The molecule has 0 saturated heterocycles. The molecule has 0 radical (unpaired) electrons. The summed E-state index contributed by atoms with van der Waals surface area (Å²) in [7, 11) is 0. The third kappa shape index (κ3) is 4.20. The minimum Gasteiger partial charge on any atom is -0.393 e. The maximum atomic E-state index is 14.4. The van der Waals surface area contributed by atoms with E-state index >= 15 is 0 Å². The van der Waals surface area contributed by atoms with Crippen LogP contribution < -0.4 is 5.73 Å². The summed E-state index contributed by atoms with van der Waals surface area (Å²) in [5, 5.41) is 27.9. The van der Waals surface area contributed by atoms with Crippen LogP contribution in [-0.4, -0.2) is 28.4 Å². The molecule has 0 aromatic heterocycles. The number of nitrogens with two attached hydrogens (primary N) is 1. The monoisotopic (exact) mass is 398 g/mol. The van der Waals surface area contributed by atoms with E-state index < -0.39 is 5.67 Å². The Morgan fingerprint density at radius 2 is 2.00 bits per heavy atom. The van der Waals surface area contributed by atoms with Crippen molar-refractivity contribution in [1.82, 2.24) is 0 Å². The number of aliphatic imine (C=N–C) groups is 1. The Morgan fingerprint density at radius 1 is 1.38 bits per heavy atom. The predicted molar refractivity (Wildman–Crippen MR) is 113 cm³/mol. The Morgan fingerprint density at radius 3 is 2.52 bits per heavy atom. The van der Waals surface area contributed by atoms with Crippen LogP contribution in [0.2, 0.25) is 0 Å². The molecule has 1 fully saturated rings. The molecule has 156 valence electrons. The number of aliphatic hydroxyl groups excluding tert-OH is 1. The molecule has 1 saturated carbocycles. The molecule has 2 aliphatic rings. The summed E-state index contributed by atoms with van der Waals surface area (Å²) >= 11 is 0. The zero-order chi connectivity index (χ0) is 21.6. The largest absolute Gasteiger partial charge is 0.393 e. The molecule has 0 amide bonds. The van der Waals surface area contributed by atoms with Crippen LogP contribution in [0.15, 0.2) is 23.2 Å². The van der Waals surface area contributed by atoms with E-state index in [0.29, 0.717) is 5.56 Å². The highest BCUT2D eigenvalue weighted by atomic mass is 19.1. The van der Waals surface area contributed by atoms with E-state index in [-0.39, 0.29) is 47.4 Å². The molecule has 0 heterocycles. The van der Waals surface area contributed by atoms with E-state index in [1.165, 1.54) is 13.8 Å². The van der Waals surface area contributed by atoms with E-state index in [4.69, 9.17) is 16.1 Å². The van der Waals surface area contributed by atoms with Crippen molar-refractivity contribution in [2.45, 2.75) is 71.2 Å². The van der Waals surface area contributed by atoms with Gasteiger partial charge < -0.3 is 10.8 Å². The average Bonchev–Trinajstić information content (AvgIpc) is 2.89. The number of benzene rings is 1. The van der Waals surface area contributed by atoms with Crippen LogP contribution >= 0.6 is 0 Å². The van der Waals surface area contributed by atoms with E-state index in [9.17, 15) is 14.8 Å². The van der Waals surface area contributed by atoms with Crippen molar-refractivity contribution in [3.63, 3.8) is 0 Å². The lowest BCUT2D eigenvalue weighted by Crippen LogP contribution is -2.43. The van der Waals surface area contributed by atoms with Gasteiger partial charge in [-0.15, -0.1) is 0 Å². The zero-order valence-corrected chi connectivity index (χ0v) is 17.7. The van der Waals surface area contributed by atoms with Crippen LogP contribution in [0.3, 0.4) is 0 Å². The molecule has 2 unspecified atom stereocenters. The van der Waals surface area contributed by atoms with Crippen LogP contribution in [0.4, 0.5) is 4.39 Å². The first-order valence-electron chi connectivity index (χ1n) is 10.3. The summed E-state index contributed by atoms with van der Waals surface area (Å²) in [5.41, 5.74) is 6.96. The van der Waals surface area contributed by atoms with Gasteiger partial charge in [0.1, 0.15) is 11.5 Å². The lowest BCUT2D eigenvalue weighted by atomic mass is 9.62. The van der Waals surface area contributed by atoms with Crippen LogP contribution in [0.25, 0.3) is 0 Å². The molecule has 1 aromatic carbocycles. The third-order valence-corrected chi connectivity index (χ3v) is 6.50. The standard InChI is InChI=1S/C23H31FN4O/c1-13-8-23(9-14(2)19(13)29)10-16-6-5-15(12-25)7-17(16)20(23)28-18(21(26)27)11-22(3,4)24/h5-7,13-14,19-20,29H,8-11H2,1-4H3,(H3,26,27)/t13-,14+,19?,20-,23?/m1/s1. The molecule has 4 N–H and O–H groups in total. The zero-order valence-electron chi connectivity index (χ0n) is 17.7. The number of alkyl halides is 1. The van der Waals surface area contributed by atoms with Crippen molar-refractivity contribution in [2.75, 3.05) is 0 Å². The van der Waals surface area contributed by atoms with E-state index in [2.05, 4.69) is 19.9 Å². The Hall–Kier alpha value is -2.26. The van der Waals surface area contributed by atoms with Gasteiger partial charge in [0.25, 0.3) is 0 Å². The molecule has 6 heteroatoms. The van der Waals surface area contributed by atoms with Gasteiger partial charge in [0.2, 0.25) is 0 Å². The maximum Gasteiger partial charge on any atom is 0.137 e. The summed E-state index contributed by atoms with van der Waals surface area (Å²) in [5.74, 6) is 0.00638. The number of nitriles is 1. The van der Waals surface area contributed by atoms with Crippen LogP contribution in [0.1, 0.15) is 69.7 Å². The highest BCUT2D eigenvalue weighted by Gasteiger charge is 2.52. The second kappa shape index (κ2) is 7.53. The quantitative estimate of drug-likeness (QED) is 0.525. The molecule has 3 rings (SSSR count). The van der Waals surface area contributed by atoms with Crippen molar-refractivity contribution in [2.24, 2.45) is 28.0 Å². The van der Waals surface area contributed by atoms with Crippen molar-refractivity contribution in [3.05, 3.63) is 34.9 Å². The lowest BCUT2D eigenvalue weighted by molar-refractivity contribution is -0.0327. The van der Waals surface area contributed by atoms with Crippen molar-refractivity contribution >= 4 is 11.5 Å². The van der Waals surface area contributed by atoms with Gasteiger partial charge in [0, 0.05) is 11.8 Å². The minimum absolute atomic E-state index is 0.0318. The summed E-state index contributed by atoms with van der Waals surface area (Å²) < 4.78 is 14.4. The molecular formula is C23H31FN4O. The predicted octanol–water partition coefficient (Wildman–Crippen LogP) is 4.08. The van der Waals surface area contributed by atoms with Gasteiger partial charge >= 0.3 is 0 Å². The van der Waals surface area contributed by atoms with Crippen molar-refractivity contribution in [1.29, 1.82) is 10.7 Å². The molecule has 0 bridgehead atoms. The SMILES string of the molecule is C[C@@H]1CC2(Cc3ccc(C#N)cc3[C@H]2N=C(CC(C)(C)F)C(=N)N)C[C@H](C)C1O. The number of amidine groups is 1. The van der Waals surface area contributed by atoms with Gasteiger partial charge in [-0.1, -0.05) is 19.9 Å². The van der Waals surface area contributed by atoms with Crippen molar-refractivity contribution < 1.29 is 9.50 Å². The molecule has 2 aliphatic carbocycles. The fraction of sp³-hybridized carbons (Fsp3) is 0.609. The van der Waals surface area contributed by atoms with Gasteiger partial charge in [0.15, 0.2) is 0 Å². The van der Waals surface area contributed by atoms with Gasteiger partial charge in [-0.2, -0.15) is 5.26 Å². The Labute approximate surface area is 172 Å². The summed E-state index contributed by atoms with van der Waals surface area (Å²) in [4.78, 5) is 4.88. The summed E-state index contributed by atoms with van der Waals surface area (Å²) in [6.07, 6.45) is 1.98. The first kappa shape index (κ1) is 21.4. The number of nitrogens with one attached hydrogen (secondary N) is 1. The van der Waals surface area contributed by atoms with Crippen molar-refractivity contribution in [3.8, 4) is 6.07 Å². The second-order valence-corrected chi connectivity index (χ2v) is 9.71. The minimum atomic E-state index is -1.53. The maximum absolute atomic E-state index is 14.4. The van der Waals surface area contributed by atoms with Crippen LogP contribution in [0.5, 0.6) is 0 Å². The number of fused-ring (bicyclic) bond motifs is 1. The van der Waals surface area contributed by atoms with Gasteiger partial charge in [-0.25, -0.2) is 4.39 Å². The lowest BCUT2D eigenvalue weighted by Gasteiger charge is -2.46. The molecule has 0 aliphatic heterocycles. The fourth-order valence-corrected chi connectivity index (χ4v) is 5.39. The van der Waals surface area contributed by atoms with E-state index in [1.54, 1.807) is 0 Å². The first-order chi connectivity index (χ1) is 13.5. The second-order valence-electron chi connectivity index (χ2n) is 9.71. The molecule has 1 spiro atoms. The fourth-order valence-electron chi connectivity index (χ4n) is 5.39. The number of halogens is 1. The van der Waals surface area contributed by atoms with Crippen LogP contribution in [-0.2, 0) is 6.42 Å². The number of hydrogen-bond acceptors (Lipinski definition) is 4. The topological polar surface area (TPSA) is 106 Å². The molecular weight excluding hydrogens is 367 g/mol. The van der Waals surface area contributed by atoms with E-state index in [0.717, 1.165) is 30.4 Å².